The van der Waals surface area contributed by atoms with Gasteiger partial charge in [0.25, 0.3) is 0 Å². The lowest BCUT2D eigenvalue weighted by atomic mass is 10.0. The lowest BCUT2D eigenvalue weighted by molar-refractivity contribution is -0.166. The summed E-state index contributed by atoms with van der Waals surface area (Å²) in [5, 5.41) is 0. The third-order valence-corrected chi connectivity index (χ3v) is 13.2. The number of hydrogen-bond donors (Lipinski definition) is 0. The molecule has 0 aliphatic heterocycles. The van der Waals surface area contributed by atoms with Crippen molar-refractivity contribution in [3.63, 3.8) is 0 Å². The molecule has 0 amide bonds. The first kappa shape index (κ1) is 67.8. The van der Waals surface area contributed by atoms with E-state index >= 15 is 0 Å². The van der Waals surface area contributed by atoms with Crippen molar-refractivity contribution in [3.05, 3.63) is 72.9 Å². The maximum Gasteiger partial charge on any atom is 0.306 e. The fourth-order valence-corrected chi connectivity index (χ4v) is 8.67. The van der Waals surface area contributed by atoms with E-state index in [0.717, 1.165) is 89.9 Å². The zero-order chi connectivity index (χ0) is 51.4. The summed E-state index contributed by atoms with van der Waals surface area (Å²) in [6.07, 6.45) is 76.4. The van der Waals surface area contributed by atoms with Gasteiger partial charge in [-0.15, -0.1) is 0 Å². The molecular formula is C65H114O6. The molecule has 71 heavy (non-hydrogen) atoms. The highest BCUT2D eigenvalue weighted by atomic mass is 16.6. The molecule has 0 heterocycles. The van der Waals surface area contributed by atoms with Gasteiger partial charge in [0.05, 0.1) is 0 Å². The Morgan fingerprint density at radius 1 is 0.296 bits per heavy atom. The fourth-order valence-electron chi connectivity index (χ4n) is 8.67. The van der Waals surface area contributed by atoms with E-state index in [1.807, 2.05) is 6.08 Å². The molecule has 1 unspecified atom stereocenters. The summed E-state index contributed by atoms with van der Waals surface area (Å²) in [6, 6.07) is 0. The van der Waals surface area contributed by atoms with Crippen molar-refractivity contribution >= 4 is 17.9 Å². The second-order valence-corrected chi connectivity index (χ2v) is 20.2. The van der Waals surface area contributed by atoms with Crippen LogP contribution < -0.4 is 0 Å². The SMILES string of the molecule is CC/C=C\C/C=C\C/C=C\C/C=C\CCC(=O)OCC(COC(=O)CCCCCCCCCCCCCCCCCCCCCCCCCC)OC(=O)CCCCCCC/C=C\C/C=C\CCCCCC. The topological polar surface area (TPSA) is 78.9 Å². The predicted octanol–water partition coefficient (Wildman–Crippen LogP) is 20.5. The zero-order valence-electron chi connectivity index (χ0n) is 47.0. The summed E-state index contributed by atoms with van der Waals surface area (Å²) >= 11 is 0. The first-order valence-corrected chi connectivity index (χ1v) is 30.4. The molecule has 0 radical (unpaired) electrons. The van der Waals surface area contributed by atoms with Gasteiger partial charge in [-0.1, -0.05) is 280 Å². The molecule has 0 aromatic heterocycles. The number of unbranched alkanes of at least 4 members (excludes halogenated alkanes) is 32. The molecule has 0 aliphatic rings. The van der Waals surface area contributed by atoms with Crippen LogP contribution in [0.4, 0.5) is 0 Å². The van der Waals surface area contributed by atoms with Crippen LogP contribution in [0.15, 0.2) is 72.9 Å². The molecule has 0 saturated heterocycles. The lowest BCUT2D eigenvalue weighted by Gasteiger charge is -2.18. The molecule has 0 N–H and O–H groups in total. The number of allylic oxidation sites excluding steroid dienone is 12. The standard InChI is InChI=1S/C65H114O6/c1-4-7-10-13-16-19-22-25-27-29-30-31-32-33-34-35-36-38-40-43-46-49-52-55-58-64(67)70-61-62(60-69-63(66)57-54-51-48-45-42-39-24-21-18-15-12-9-6-3)71-65(68)59-56-53-50-47-44-41-37-28-26-23-20-17-14-11-8-5-2/h9,12,18,20-21,23,28,37,39,42,48,51,62H,4-8,10-11,13-17,19,22,24-27,29-36,38,40-41,43-47,49-50,52-61H2,1-3H3/b12-9-,21-18-,23-20-,37-28-,42-39-,51-48-. The summed E-state index contributed by atoms with van der Waals surface area (Å²) in [7, 11) is 0. The van der Waals surface area contributed by atoms with Crippen molar-refractivity contribution in [2.45, 2.75) is 309 Å². The van der Waals surface area contributed by atoms with E-state index in [1.54, 1.807) is 0 Å². The maximum atomic E-state index is 12.9. The van der Waals surface area contributed by atoms with E-state index in [9.17, 15) is 14.4 Å². The quantitative estimate of drug-likeness (QED) is 0.0261. The monoisotopic (exact) mass is 991 g/mol. The lowest BCUT2D eigenvalue weighted by Crippen LogP contribution is -2.30. The summed E-state index contributed by atoms with van der Waals surface area (Å²) in [4.78, 5) is 38.1. The van der Waals surface area contributed by atoms with Gasteiger partial charge in [-0.3, -0.25) is 14.4 Å². The highest BCUT2D eigenvalue weighted by molar-refractivity contribution is 5.71. The minimum Gasteiger partial charge on any atom is -0.462 e. The van der Waals surface area contributed by atoms with Gasteiger partial charge >= 0.3 is 17.9 Å². The number of hydrogen-bond acceptors (Lipinski definition) is 6. The minimum atomic E-state index is -0.810. The van der Waals surface area contributed by atoms with E-state index in [4.69, 9.17) is 14.2 Å². The Bertz CT molecular complexity index is 1320. The summed E-state index contributed by atoms with van der Waals surface area (Å²) in [5.41, 5.74) is 0. The van der Waals surface area contributed by atoms with Crippen LogP contribution in [0.1, 0.15) is 303 Å². The van der Waals surface area contributed by atoms with Crippen LogP contribution in [0.5, 0.6) is 0 Å². The Morgan fingerprint density at radius 2 is 0.577 bits per heavy atom. The van der Waals surface area contributed by atoms with Crippen LogP contribution in [-0.4, -0.2) is 37.2 Å². The molecule has 0 aromatic rings. The Kier molecular flexibility index (Phi) is 56.8. The van der Waals surface area contributed by atoms with Gasteiger partial charge in [0.2, 0.25) is 0 Å². The Hall–Kier alpha value is -3.15. The molecule has 0 spiro atoms. The molecule has 0 aromatic carbocycles. The molecule has 6 nitrogen and oxygen atoms in total. The summed E-state index contributed by atoms with van der Waals surface area (Å²) in [6.45, 7) is 6.46. The van der Waals surface area contributed by atoms with Gasteiger partial charge in [-0.2, -0.15) is 0 Å². The number of carbonyl (C=O) groups excluding carboxylic acids is 3. The summed E-state index contributed by atoms with van der Waals surface area (Å²) in [5.74, 6) is -0.989. The molecule has 410 valence electrons. The first-order valence-electron chi connectivity index (χ1n) is 30.4. The first-order chi connectivity index (χ1) is 35.0. The molecule has 0 saturated carbocycles. The Balaban J connectivity index is 4.32. The molecule has 0 bridgehead atoms. The largest absolute Gasteiger partial charge is 0.462 e. The van der Waals surface area contributed by atoms with Gasteiger partial charge in [-0.25, -0.2) is 0 Å². The van der Waals surface area contributed by atoms with E-state index in [0.29, 0.717) is 19.3 Å². The van der Waals surface area contributed by atoms with E-state index in [-0.39, 0.29) is 37.5 Å². The van der Waals surface area contributed by atoms with Crippen molar-refractivity contribution in [2.75, 3.05) is 13.2 Å². The van der Waals surface area contributed by atoms with Crippen molar-refractivity contribution in [1.82, 2.24) is 0 Å². The molecule has 0 rings (SSSR count). The van der Waals surface area contributed by atoms with Gasteiger partial charge < -0.3 is 14.2 Å². The second-order valence-electron chi connectivity index (χ2n) is 20.2. The number of esters is 3. The number of ether oxygens (including phenoxy) is 3. The highest BCUT2D eigenvalue weighted by Crippen LogP contribution is 2.17. The molecule has 6 heteroatoms. The third kappa shape index (κ3) is 57.6. The van der Waals surface area contributed by atoms with Crippen LogP contribution >= 0.6 is 0 Å². The Labute approximate surface area is 440 Å². The number of rotatable bonds is 55. The van der Waals surface area contributed by atoms with Crippen molar-refractivity contribution < 1.29 is 28.6 Å². The van der Waals surface area contributed by atoms with Crippen molar-refractivity contribution in [3.8, 4) is 0 Å². The second kappa shape index (κ2) is 59.4. The molecule has 0 fully saturated rings. The maximum absolute atomic E-state index is 12.9. The highest BCUT2D eigenvalue weighted by Gasteiger charge is 2.19. The van der Waals surface area contributed by atoms with E-state index < -0.39 is 6.10 Å². The third-order valence-electron chi connectivity index (χ3n) is 13.2. The van der Waals surface area contributed by atoms with Crippen LogP contribution in [0, 0.1) is 0 Å². The minimum absolute atomic E-state index is 0.101. The van der Waals surface area contributed by atoms with Gasteiger partial charge in [0.15, 0.2) is 6.10 Å². The normalized spacial score (nSPS) is 12.5. The van der Waals surface area contributed by atoms with Crippen molar-refractivity contribution in [1.29, 1.82) is 0 Å². The number of carbonyl (C=O) groups is 3. The fraction of sp³-hybridized carbons (Fsp3) is 0.769. The molecule has 1 atom stereocenters. The smallest absolute Gasteiger partial charge is 0.306 e. The van der Waals surface area contributed by atoms with Crippen LogP contribution in [0.25, 0.3) is 0 Å². The van der Waals surface area contributed by atoms with E-state index in [2.05, 4.69) is 87.6 Å². The van der Waals surface area contributed by atoms with E-state index in [1.165, 1.54) is 167 Å². The van der Waals surface area contributed by atoms with Crippen LogP contribution in [0.3, 0.4) is 0 Å². The zero-order valence-corrected chi connectivity index (χ0v) is 47.0. The average Bonchev–Trinajstić information content (AvgIpc) is 3.37. The van der Waals surface area contributed by atoms with Crippen molar-refractivity contribution in [2.24, 2.45) is 0 Å². The predicted molar refractivity (Wildman–Crippen MR) is 307 cm³/mol. The molecular weight excluding hydrogens is 877 g/mol. The van der Waals surface area contributed by atoms with Gasteiger partial charge in [-0.05, 0) is 77.0 Å². The molecule has 0 aliphatic carbocycles. The van der Waals surface area contributed by atoms with Gasteiger partial charge in [0.1, 0.15) is 13.2 Å². The van der Waals surface area contributed by atoms with Crippen LogP contribution in [-0.2, 0) is 28.6 Å². The van der Waals surface area contributed by atoms with Crippen LogP contribution in [0.2, 0.25) is 0 Å². The summed E-state index contributed by atoms with van der Waals surface area (Å²) < 4.78 is 16.8. The Morgan fingerprint density at radius 3 is 0.958 bits per heavy atom. The average molecular weight is 992 g/mol. The van der Waals surface area contributed by atoms with Gasteiger partial charge in [0, 0.05) is 19.3 Å².